The number of nitrogens with one attached hydrogen (secondary N) is 1. The van der Waals surface area contributed by atoms with Gasteiger partial charge in [0.25, 0.3) is 5.91 Å². The number of aromatic nitrogens is 2. The zero-order valence-electron chi connectivity index (χ0n) is 14.5. The molecule has 0 saturated heterocycles. The van der Waals surface area contributed by atoms with Gasteiger partial charge in [0, 0.05) is 18.2 Å². The van der Waals surface area contributed by atoms with Gasteiger partial charge in [-0.15, -0.1) is 0 Å². The Bertz CT molecular complexity index is 942. The zero-order chi connectivity index (χ0) is 18.7. The summed E-state index contributed by atoms with van der Waals surface area (Å²) in [4.78, 5) is 25.4. The van der Waals surface area contributed by atoms with Gasteiger partial charge in [-0.2, -0.15) is 5.10 Å². The molecule has 132 valence electrons. The van der Waals surface area contributed by atoms with Gasteiger partial charge in [0.1, 0.15) is 0 Å². The number of halogens is 1. The summed E-state index contributed by atoms with van der Waals surface area (Å²) in [6, 6.07) is 14.1. The van der Waals surface area contributed by atoms with E-state index in [1.807, 2.05) is 19.1 Å². The van der Waals surface area contributed by atoms with E-state index in [4.69, 9.17) is 11.6 Å². The second-order valence-corrected chi connectivity index (χ2v) is 6.39. The summed E-state index contributed by atoms with van der Waals surface area (Å²) in [5, 5.41) is 7.32. The van der Waals surface area contributed by atoms with Crippen LogP contribution in [0, 0.1) is 6.92 Å². The molecule has 26 heavy (non-hydrogen) atoms. The Morgan fingerprint density at radius 2 is 1.73 bits per heavy atom. The molecule has 3 aromatic rings. The molecular formula is C20H18ClN3O2. The minimum Gasteiger partial charge on any atom is -0.346 e. The van der Waals surface area contributed by atoms with E-state index >= 15 is 0 Å². The zero-order valence-corrected chi connectivity index (χ0v) is 15.2. The standard InChI is InChI=1S/C20H18ClN3O2/c1-13-7-9-14(10-8-13)19(25)15-5-3-4-6-16(15)20(26)22-12-18-17(21)11-23-24(18)2/h3-11H,12H2,1-2H3,(H,22,26). The second-order valence-electron chi connectivity index (χ2n) is 5.99. The lowest BCUT2D eigenvalue weighted by Crippen LogP contribution is -2.26. The summed E-state index contributed by atoms with van der Waals surface area (Å²) in [6.07, 6.45) is 1.53. The number of rotatable bonds is 5. The molecule has 0 bridgehead atoms. The molecule has 1 heterocycles. The lowest BCUT2D eigenvalue weighted by molar-refractivity contribution is 0.0939. The van der Waals surface area contributed by atoms with Gasteiger partial charge < -0.3 is 5.32 Å². The number of ketones is 1. The molecule has 6 heteroatoms. The van der Waals surface area contributed by atoms with Gasteiger partial charge in [-0.3, -0.25) is 14.3 Å². The Morgan fingerprint density at radius 1 is 1.08 bits per heavy atom. The summed E-state index contributed by atoms with van der Waals surface area (Å²) in [6.45, 7) is 2.18. The number of carbonyl (C=O) groups excluding carboxylic acids is 2. The third kappa shape index (κ3) is 3.68. The van der Waals surface area contributed by atoms with Gasteiger partial charge in [-0.05, 0) is 13.0 Å². The largest absolute Gasteiger partial charge is 0.346 e. The molecule has 0 saturated carbocycles. The van der Waals surface area contributed by atoms with Crippen molar-refractivity contribution in [3.05, 3.63) is 87.7 Å². The second kappa shape index (κ2) is 7.54. The van der Waals surface area contributed by atoms with Gasteiger partial charge in [-0.1, -0.05) is 59.6 Å². The molecule has 0 fully saturated rings. The van der Waals surface area contributed by atoms with Crippen LogP contribution in [-0.4, -0.2) is 21.5 Å². The van der Waals surface area contributed by atoms with Crippen LogP contribution in [0.1, 0.15) is 37.5 Å². The highest BCUT2D eigenvalue weighted by atomic mass is 35.5. The number of aryl methyl sites for hydroxylation is 2. The molecule has 0 atom stereocenters. The number of hydrogen-bond acceptors (Lipinski definition) is 3. The van der Waals surface area contributed by atoms with E-state index in [1.165, 1.54) is 6.20 Å². The van der Waals surface area contributed by atoms with E-state index in [2.05, 4.69) is 10.4 Å². The molecule has 0 aliphatic carbocycles. The van der Waals surface area contributed by atoms with Crippen molar-refractivity contribution >= 4 is 23.3 Å². The van der Waals surface area contributed by atoms with Crippen molar-refractivity contribution in [3.63, 3.8) is 0 Å². The topological polar surface area (TPSA) is 64.0 Å². The average Bonchev–Trinajstić information content (AvgIpc) is 2.97. The molecular weight excluding hydrogens is 350 g/mol. The molecule has 1 amide bonds. The molecule has 0 aliphatic heterocycles. The maximum atomic E-state index is 12.8. The molecule has 1 N–H and O–H groups in total. The third-order valence-corrected chi connectivity index (χ3v) is 4.47. The Labute approximate surface area is 156 Å². The lowest BCUT2D eigenvalue weighted by Gasteiger charge is -2.10. The van der Waals surface area contributed by atoms with E-state index in [0.29, 0.717) is 27.4 Å². The Balaban J connectivity index is 1.83. The van der Waals surface area contributed by atoms with Crippen LogP contribution in [0.5, 0.6) is 0 Å². The molecule has 5 nitrogen and oxygen atoms in total. The van der Waals surface area contributed by atoms with Crippen molar-refractivity contribution in [1.82, 2.24) is 15.1 Å². The monoisotopic (exact) mass is 367 g/mol. The van der Waals surface area contributed by atoms with Crippen molar-refractivity contribution in [1.29, 1.82) is 0 Å². The predicted octanol–water partition coefficient (Wildman–Crippen LogP) is 3.54. The van der Waals surface area contributed by atoms with E-state index in [1.54, 1.807) is 48.1 Å². The molecule has 0 radical (unpaired) electrons. The highest BCUT2D eigenvalue weighted by Crippen LogP contribution is 2.17. The van der Waals surface area contributed by atoms with Crippen molar-refractivity contribution in [2.24, 2.45) is 7.05 Å². The SMILES string of the molecule is Cc1ccc(C(=O)c2ccccc2C(=O)NCc2c(Cl)cnn2C)cc1. The first kappa shape index (κ1) is 17.9. The number of benzene rings is 2. The van der Waals surface area contributed by atoms with Crippen LogP contribution in [0.25, 0.3) is 0 Å². The first-order chi connectivity index (χ1) is 12.5. The van der Waals surface area contributed by atoms with Gasteiger partial charge in [0.15, 0.2) is 5.78 Å². The smallest absolute Gasteiger partial charge is 0.252 e. The number of carbonyl (C=O) groups is 2. The summed E-state index contributed by atoms with van der Waals surface area (Å²) < 4.78 is 1.60. The third-order valence-electron chi connectivity index (χ3n) is 4.16. The van der Waals surface area contributed by atoms with Gasteiger partial charge in [0.05, 0.1) is 29.0 Å². The molecule has 2 aromatic carbocycles. The first-order valence-corrected chi connectivity index (χ1v) is 8.50. The molecule has 0 unspecified atom stereocenters. The molecule has 0 spiro atoms. The van der Waals surface area contributed by atoms with Crippen LogP contribution in [-0.2, 0) is 13.6 Å². The van der Waals surface area contributed by atoms with E-state index in [-0.39, 0.29) is 18.2 Å². The average molecular weight is 368 g/mol. The maximum absolute atomic E-state index is 12.8. The summed E-state index contributed by atoms with van der Waals surface area (Å²) >= 11 is 6.06. The number of nitrogens with zero attached hydrogens (tertiary/aromatic N) is 2. The predicted molar refractivity (Wildman–Crippen MR) is 100 cm³/mol. The van der Waals surface area contributed by atoms with Gasteiger partial charge >= 0.3 is 0 Å². The maximum Gasteiger partial charge on any atom is 0.252 e. The minimum absolute atomic E-state index is 0.186. The first-order valence-electron chi connectivity index (χ1n) is 8.12. The molecule has 0 aliphatic rings. The minimum atomic E-state index is -0.335. The van der Waals surface area contributed by atoms with Crippen molar-refractivity contribution in [2.75, 3.05) is 0 Å². The fourth-order valence-corrected chi connectivity index (χ4v) is 2.87. The van der Waals surface area contributed by atoms with Crippen LogP contribution >= 0.6 is 11.6 Å². The van der Waals surface area contributed by atoms with E-state index < -0.39 is 0 Å². The fourth-order valence-electron chi connectivity index (χ4n) is 2.63. The van der Waals surface area contributed by atoms with E-state index in [0.717, 1.165) is 5.56 Å². The van der Waals surface area contributed by atoms with Crippen LogP contribution in [0.3, 0.4) is 0 Å². The summed E-state index contributed by atoms with van der Waals surface area (Å²) in [5.41, 5.74) is 3.01. The van der Waals surface area contributed by atoms with Gasteiger partial charge in [-0.25, -0.2) is 0 Å². The Hall–Kier alpha value is -2.92. The normalized spacial score (nSPS) is 10.6. The van der Waals surface area contributed by atoms with Gasteiger partial charge in [0.2, 0.25) is 0 Å². The quantitative estimate of drug-likeness (QED) is 0.701. The highest BCUT2D eigenvalue weighted by molar-refractivity contribution is 6.31. The van der Waals surface area contributed by atoms with Crippen molar-refractivity contribution in [2.45, 2.75) is 13.5 Å². The van der Waals surface area contributed by atoms with Crippen LogP contribution in [0.15, 0.2) is 54.7 Å². The van der Waals surface area contributed by atoms with Crippen LogP contribution in [0.4, 0.5) is 0 Å². The number of hydrogen-bond donors (Lipinski definition) is 1. The van der Waals surface area contributed by atoms with Crippen LogP contribution < -0.4 is 5.32 Å². The summed E-state index contributed by atoms with van der Waals surface area (Å²) in [5.74, 6) is -0.521. The highest BCUT2D eigenvalue weighted by Gasteiger charge is 2.18. The van der Waals surface area contributed by atoms with Crippen molar-refractivity contribution < 1.29 is 9.59 Å². The number of amides is 1. The van der Waals surface area contributed by atoms with Crippen LogP contribution in [0.2, 0.25) is 5.02 Å². The lowest BCUT2D eigenvalue weighted by atomic mass is 9.97. The molecule has 3 rings (SSSR count). The Kier molecular flexibility index (Phi) is 5.19. The van der Waals surface area contributed by atoms with Crippen molar-refractivity contribution in [3.8, 4) is 0 Å². The van der Waals surface area contributed by atoms with E-state index in [9.17, 15) is 9.59 Å². The summed E-state index contributed by atoms with van der Waals surface area (Å²) in [7, 11) is 1.75. The Morgan fingerprint density at radius 3 is 2.35 bits per heavy atom. The molecule has 1 aromatic heterocycles. The fraction of sp³-hybridized carbons (Fsp3) is 0.150.